The highest BCUT2D eigenvalue weighted by Gasteiger charge is 2.36. The van der Waals surface area contributed by atoms with Crippen LogP contribution in [0.2, 0.25) is 0 Å². The van der Waals surface area contributed by atoms with Crippen molar-refractivity contribution >= 4 is 60.8 Å². The maximum absolute atomic E-state index is 4.96. The fourth-order valence-electron chi connectivity index (χ4n) is 5.23. The van der Waals surface area contributed by atoms with Crippen LogP contribution in [0.3, 0.4) is 0 Å². The third kappa shape index (κ3) is 3.43. The van der Waals surface area contributed by atoms with Crippen molar-refractivity contribution in [3.63, 3.8) is 0 Å². The average molecular weight is 499 g/mol. The molecule has 1 unspecified atom stereocenters. The summed E-state index contributed by atoms with van der Waals surface area (Å²) < 4.78 is 0. The zero-order chi connectivity index (χ0) is 21.2. The molecule has 2 aliphatic rings. The predicted octanol–water partition coefficient (Wildman–Crippen LogP) is 4.83. The molecule has 0 amide bonds. The standard InChI is InChI=1S/C22H22N8S2.ClH/c1-30(14-6-12-2-3-13(7-14)27-12)22-29-21-20(32-22)28-19(31-21)18-17-15(4-5-23-17)16(10-24-18)11-8-25-26-9-11;/h4-5,8-10,12-14,23,27H,2-3,6-7H2,1H3,(H,25,26);1H/t12-,13+,14?;. The van der Waals surface area contributed by atoms with E-state index in [1.165, 1.54) is 25.7 Å². The normalized spacial score (nSPS) is 22.2. The molecule has 2 fully saturated rings. The molecule has 7 rings (SSSR count). The van der Waals surface area contributed by atoms with Crippen molar-refractivity contribution < 1.29 is 0 Å². The molecular weight excluding hydrogens is 476 g/mol. The molecule has 0 aliphatic carbocycles. The Morgan fingerprint density at radius 3 is 2.64 bits per heavy atom. The van der Waals surface area contributed by atoms with Crippen molar-refractivity contribution in [2.75, 3.05) is 11.9 Å². The van der Waals surface area contributed by atoms with Gasteiger partial charge in [0.2, 0.25) is 0 Å². The van der Waals surface area contributed by atoms with E-state index in [1.807, 2.05) is 24.8 Å². The highest BCUT2D eigenvalue weighted by molar-refractivity contribution is 7.29. The van der Waals surface area contributed by atoms with Gasteiger partial charge in [-0.2, -0.15) is 5.10 Å². The van der Waals surface area contributed by atoms with Gasteiger partial charge in [0.15, 0.2) is 14.8 Å². The van der Waals surface area contributed by atoms with Gasteiger partial charge < -0.3 is 15.2 Å². The molecule has 2 saturated heterocycles. The SMILES string of the molecule is CN(c1nc2sc(-c3ncc(-c4cn[nH]c4)c4cc[nH]c34)nc2s1)C1C[C@H]2CC[C@@H](C1)N2.Cl. The van der Waals surface area contributed by atoms with Crippen molar-refractivity contribution in [1.82, 2.24) is 35.5 Å². The number of aromatic nitrogens is 6. The van der Waals surface area contributed by atoms with Crippen molar-refractivity contribution in [3.05, 3.63) is 30.9 Å². The number of H-pyrrole nitrogens is 2. The summed E-state index contributed by atoms with van der Waals surface area (Å²) >= 11 is 3.31. The lowest BCUT2D eigenvalue weighted by Crippen LogP contribution is -2.47. The maximum atomic E-state index is 4.96. The smallest absolute Gasteiger partial charge is 0.188 e. The molecular formula is C22H23ClN8S2. The number of halogens is 1. The molecule has 2 bridgehead atoms. The number of piperidine rings is 1. The molecule has 5 aromatic heterocycles. The lowest BCUT2D eigenvalue weighted by atomic mass is 9.99. The number of nitrogens with zero attached hydrogens (tertiary/aromatic N) is 5. The topological polar surface area (TPSA) is 98.4 Å². The summed E-state index contributed by atoms with van der Waals surface area (Å²) in [5, 5.41) is 13.8. The minimum absolute atomic E-state index is 0. The number of hydrogen-bond acceptors (Lipinski definition) is 8. The number of fused-ring (bicyclic) bond motifs is 4. The second-order valence-electron chi connectivity index (χ2n) is 8.77. The van der Waals surface area contributed by atoms with E-state index >= 15 is 0 Å². The van der Waals surface area contributed by atoms with E-state index in [1.54, 1.807) is 22.7 Å². The summed E-state index contributed by atoms with van der Waals surface area (Å²) in [6.45, 7) is 0. The fourth-order valence-corrected chi connectivity index (χ4v) is 7.30. The van der Waals surface area contributed by atoms with E-state index in [0.717, 1.165) is 47.5 Å². The second kappa shape index (κ2) is 8.05. The Morgan fingerprint density at radius 1 is 1.06 bits per heavy atom. The summed E-state index contributed by atoms with van der Waals surface area (Å²) in [6.07, 6.45) is 12.6. The first-order chi connectivity index (χ1) is 15.7. The Kier molecular flexibility index (Phi) is 5.13. The van der Waals surface area contributed by atoms with Crippen LogP contribution in [0.1, 0.15) is 25.7 Å². The quantitative estimate of drug-likeness (QED) is 0.328. The zero-order valence-electron chi connectivity index (χ0n) is 17.9. The van der Waals surface area contributed by atoms with Crippen LogP contribution < -0.4 is 10.2 Å². The fraction of sp³-hybridized carbons (Fsp3) is 0.364. The number of aromatic amines is 2. The van der Waals surface area contributed by atoms with Gasteiger partial charge >= 0.3 is 0 Å². The first-order valence-corrected chi connectivity index (χ1v) is 12.6. The molecule has 8 nitrogen and oxygen atoms in total. The molecule has 0 saturated carbocycles. The van der Waals surface area contributed by atoms with Crippen LogP contribution in [0.5, 0.6) is 0 Å². The van der Waals surface area contributed by atoms with E-state index in [-0.39, 0.29) is 12.4 Å². The lowest BCUT2D eigenvalue weighted by molar-refractivity contribution is 0.354. The molecule has 0 radical (unpaired) electrons. The summed E-state index contributed by atoms with van der Waals surface area (Å²) in [5.74, 6) is 0. The molecule has 3 atom stereocenters. The average Bonchev–Trinajstić information content (AvgIpc) is 3.60. The van der Waals surface area contributed by atoms with E-state index < -0.39 is 0 Å². The minimum atomic E-state index is 0. The van der Waals surface area contributed by atoms with Crippen LogP contribution in [-0.4, -0.2) is 55.3 Å². The van der Waals surface area contributed by atoms with Gasteiger partial charge in [-0.1, -0.05) is 22.7 Å². The molecule has 170 valence electrons. The first-order valence-electron chi connectivity index (χ1n) is 10.9. The van der Waals surface area contributed by atoms with Crippen molar-refractivity contribution in [2.24, 2.45) is 0 Å². The Labute approximate surface area is 204 Å². The van der Waals surface area contributed by atoms with Crippen LogP contribution in [0.25, 0.3) is 42.4 Å². The van der Waals surface area contributed by atoms with E-state index in [2.05, 4.69) is 38.5 Å². The molecule has 33 heavy (non-hydrogen) atoms. The van der Waals surface area contributed by atoms with Gasteiger partial charge in [-0.05, 0) is 31.7 Å². The predicted molar refractivity (Wildman–Crippen MR) is 137 cm³/mol. The summed E-state index contributed by atoms with van der Waals surface area (Å²) in [5.41, 5.74) is 3.94. The molecule has 5 aromatic rings. The van der Waals surface area contributed by atoms with Gasteiger partial charge in [0, 0.05) is 60.3 Å². The molecule has 11 heteroatoms. The third-order valence-corrected chi connectivity index (χ3v) is 9.00. The third-order valence-electron chi connectivity index (χ3n) is 6.87. The van der Waals surface area contributed by atoms with Gasteiger partial charge in [-0.15, -0.1) is 12.4 Å². The largest absolute Gasteiger partial charge is 0.359 e. The minimum Gasteiger partial charge on any atom is -0.359 e. The van der Waals surface area contributed by atoms with Gasteiger partial charge in [0.05, 0.1) is 11.7 Å². The molecule has 3 N–H and O–H groups in total. The van der Waals surface area contributed by atoms with Crippen LogP contribution >= 0.6 is 35.1 Å². The number of thiazole rings is 2. The van der Waals surface area contributed by atoms with Crippen molar-refractivity contribution in [1.29, 1.82) is 0 Å². The summed E-state index contributed by atoms with van der Waals surface area (Å²) in [6, 6.07) is 3.98. The number of anilines is 1. The Morgan fingerprint density at radius 2 is 1.88 bits per heavy atom. The van der Waals surface area contributed by atoms with Crippen LogP contribution in [0.15, 0.2) is 30.9 Å². The van der Waals surface area contributed by atoms with Gasteiger partial charge in [0.1, 0.15) is 10.7 Å². The Bertz CT molecular complexity index is 1380. The molecule has 2 aliphatic heterocycles. The maximum Gasteiger partial charge on any atom is 0.188 e. The highest BCUT2D eigenvalue weighted by Crippen LogP contribution is 2.40. The second-order valence-corrected chi connectivity index (χ2v) is 10.7. The monoisotopic (exact) mass is 498 g/mol. The van der Waals surface area contributed by atoms with Crippen LogP contribution in [0, 0.1) is 0 Å². The Hall–Kier alpha value is -2.53. The zero-order valence-corrected chi connectivity index (χ0v) is 20.4. The summed E-state index contributed by atoms with van der Waals surface area (Å²) in [7, 11) is 2.19. The van der Waals surface area contributed by atoms with E-state index in [9.17, 15) is 0 Å². The number of nitrogens with one attached hydrogen (secondary N) is 3. The number of hydrogen-bond donors (Lipinski definition) is 3. The molecule has 0 spiro atoms. The highest BCUT2D eigenvalue weighted by atomic mass is 35.5. The number of pyridine rings is 1. The number of rotatable bonds is 4. The van der Waals surface area contributed by atoms with E-state index in [0.29, 0.717) is 18.1 Å². The van der Waals surface area contributed by atoms with Crippen LogP contribution in [0.4, 0.5) is 5.13 Å². The van der Waals surface area contributed by atoms with Crippen molar-refractivity contribution in [2.45, 2.75) is 43.8 Å². The van der Waals surface area contributed by atoms with Crippen molar-refractivity contribution in [3.8, 4) is 21.8 Å². The lowest BCUT2D eigenvalue weighted by Gasteiger charge is -2.35. The molecule has 0 aromatic carbocycles. The first kappa shape index (κ1) is 21.0. The molecule has 7 heterocycles. The Balaban J connectivity index is 0.00000206. The van der Waals surface area contributed by atoms with Gasteiger partial charge in [0.25, 0.3) is 0 Å². The van der Waals surface area contributed by atoms with Gasteiger partial charge in [-0.3, -0.25) is 10.1 Å². The van der Waals surface area contributed by atoms with E-state index in [4.69, 9.17) is 15.0 Å². The van der Waals surface area contributed by atoms with Gasteiger partial charge in [-0.25, -0.2) is 9.97 Å². The summed E-state index contributed by atoms with van der Waals surface area (Å²) in [4.78, 5) is 22.4. The van der Waals surface area contributed by atoms with Crippen LogP contribution in [-0.2, 0) is 0 Å².